The second-order valence-electron chi connectivity index (χ2n) is 6.46. The molecule has 2 unspecified atom stereocenters. The molecule has 22 heavy (non-hydrogen) atoms. The molecule has 2 fully saturated rings. The maximum absolute atomic E-state index is 12.4. The van der Waals surface area contributed by atoms with Gasteiger partial charge in [0.1, 0.15) is 0 Å². The zero-order valence-electron chi connectivity index (χ0n) is 13.3. The molecule has 0 aliphatic carbocycles. The van der Waals surface area contributed by atoms with Crippen molar-refractivity contribution in [1.82, 2.24) is 10.2 Å². The lowest BCUT2D eigenvalue weighted by Gasteiger charge is -2.33. The van der Waals surface area contributed by atoms with Crippen molar-refractivity contribution in [2.45, 2.75) is 50.7 Å². The van der Waals surface area contributed by atoms with E-state index in [-0.39, 0.29) is 18.2 Å². The standard InChI is InChI=1S/C18H26N2O2/c1-14(17-8-5-13-22-17)19-18(21)20-11-9-16(10-12-20)15-6-3-2-4-7-15/h2-4,6-7,14,16-17H,5,8-13H2,1H3,(H,19,21). The molecule has 2 saturated heterocycles. The Bertz CT molecular complexity index is 477. The van der Waals surface area contributed by atoms with Crippen molar-refractivity contribution in [1.29, 1.82) is 0 Å². The van der Waals surface area contributed by atoms with Gasteiger partial charge in [-0.15, -0.1) is 0 Å². The average Bonchev–Trinajstić information content (AvgIpc) is 3.10. The van der Waals surface area contributed by atoms with Crippen LogP contribution in [0.5, 0.6) is 0 Å². The summed E-state index contributed by atoms with van der Waals surface area (Å²) < 4.78 is 5.64. The lowest BCUT2D eigenvalue weighted by molar-refractivity contribution is 0.0824. The molecule has 0 bridgehead atoms. The van der Waals surface area contributed by atoms with E-state index in [1.54, 1.807) is 0 Å². The zero-order chi connectivity index (χ0) is 15.4. The monoisotopic (exact) mass is 302 g/mol. The number of piperidine rings is 1. The normalized spacial score (nSPS) is 24.2. The molecular formula is C18H26N2O2. The number of carbonyl (C=O) groups is 1. The van der Waals surface area contributed by atoms with Gasteiger partial charge in [0.25, 0.3) is 0 Å². The molecule has 1 N–H and O–H groups in total. The highest BCUT2D eigenvalue weighted by Crippen LogP contribution is 2.27. The Labute approximate surface area is 132 Å². The molecule has 2 heterocycles. The molecule has 2 atom stereocenters. The summed E-state index contributed by atoms with van der Waals surface area (Å²) in [7, 11) is 0. The van der Waals surface area contributed by atoms with Gasteiger partial charge in [-0.05, 0) is 44.1 Å². The molecule has 1 aromatic carbocycles. The van der Waals surface area contributed by atoms with E-state index >= 15 is 0 Å². The summed E-state index contributed by atoms with van der Waals surface area (Å²) in [6, 6.07) is 10.8. The number of benzene rings is 1. The van der Waals surface area contributed by atoms with E-state index in [0.717, 1.165) is 45.4 Å². The van der Waals surface area contributed by atoms with Crippen molar-refractivity contribution in [3.05, 3.63) is 35.9 Å². The number of carbonyl (C=O) groups excluding carboxylic acids is 1. The maximum Gasteiger partial charge on any atom is 0.317 e. The van der Waals surface area contributed by atoms with Crippen LogP contribution in [0.4, 0.5) is 4.79 Å². The highest BCUT2D eigenvalue weighted by atomic mass is 16.5. The Morgan fingerprint density at radius 3 is 2.59 bits per heavy atom. The number of likely N-dealkylation sites (tertiary alicyclic amines) is 1. The number of urea groups is 1. The van der Waals surface area contributed by atoms with Crippen molar-refractivity contribution < 1.29 is 9.53 Å². The molecule has 2 aliphatic heterocycles. The molecule has 2 aliphatic rings. The van der Waals surface area contributed by atoms with Crippen LogP contribution in [0.3, 0.4) is 0 Å². The molecule has 1 aromatic rings. The van der Waals surface area contributed by atoms with E-state index in [4.69, 9.17) is 4.74 Å². The van der Waals surface area contributed by atoms with E-state index in [9.17, 15) is 4.79 Å². The SMILES string of the molecule is CC(NC(=O)N1CCC(c2ccccc2)CC1)C1CCCO1. The Balaban J connectivity index is 1.47. The number of nitrogens with zero attached hydrogens (tertiary/aromatic N) is 1. The molecule has 0 saturated carbocycles. The fraction of sp³-hybridized carbons (Fsp3) is 0.611. The molecular weight excluding hydrogens is 276 g/mol. The van der Waals surface area contributed by atoms with Crippen LogP contribution in [-0.4, -0.2) is 42.8 Å². The first-order chi connectivity index (χ1) is 10.7. The summed E-state index contributed by atoms with van der Waals surface area (Å²) in [6.45, 7) is 4.55. The Morgan fingerprint density at radius 1 is 1.23 bits per heavy atom. The summed E-state index contributed by atoms with van der Waals surface area (Å²) in [5, 5.41) is 3.11. The first kappa shape index (κ1) is 15.3. The summed E-state index contributed by atoms with van der Waals surface area (Å²) in [6.07, 6.45) is 4.44. The van der Waals surface area contributed by atoms with Gasteiger partial charge in [0.05, 0.1) is 12.1 Å². The van der Waals surface area contributed by atoms with Gasteiger partial charge in [-0.25, -0.2) is 4.79 Å². The Hall–Kier alpha value is -1.55. The van der Waals surface area contributed by atoms with Crippen molar-refractivity contribution in [2.24, 2.45) is 0 Å². The first-order valence-electron chi connectivity index (χ1n) is 8.46. The van der Waals surface area contributed by atoms with Crippen molar-refractivity contribution >= 4 is 6.03 Å². The number of hydrogen-bond donors (Lipinski definition) is 1. The van der Waals surface area contributed by atoms with Crippen molar-refractivity contribution in [3.63, 3.8) is 0 Å². The van der Waals surface area contributed by atoms with Gasteiger partial charge in [0, 0.05) is 19.7 Å². The lowest BCUT2D eigenvalue weighted by atomic mass is 9.90. The van der Waals surface area contributed by atoms with Crippen molar-refractivity contribution in [2.75, 3.05) is 19.7 Å². The fourth-order valence-electron chi connectivity index (χ4n) is 3.52. The van der Waals surface area contributed by atoms with E-state index < -0.39 is 0 Å². The molecule has 0 radical (unpaired) electrons. The predicted molar refractivity (Wildman–Crippen MR) is 87.0 cm³/mol. The highest BCUT2D eigenvalue weighted by Gasteiger charge is 2.27. The Kier molecular flexibility index (Phi) is 4.98. The van der Waals surface area contributed by atoms with Gasteiger partial charge in [-0.3, -0.25) is 0 Å². The highest BCUT2D eigenvalue weighted by molar-refractivity contribution is 5.74. The van der Waals surface area contributed by atoms with Crippen LogP contribution in [0.25, 0.3) is 0 Å². The zero-order valence-corrected chi connectivity index (χ0v) is 13.3. The lowest BCUT2D eigenvalue weighted by Crippen LogP contribution is -2.49. The van der Waals surface area contributed by atoms with Crippen LogP contribution in [0.15, 0.2) is 30.3 Å². The summed E-state index contributed by atoms with van der Waals surface area (Å²) in [5.41, 5.74) is 1.40. The van der Waals surface area contributed by atoms with E-state index in [1.807, 2.05) is 11.8 Å². The van der Waals surface area contributed by atoms with E-state index in [2.05, 4.69) is 35.6 Å². The minimum absolute atomic E-state index is 0.0644. The fourth-order valence-corrected chi connectivity index (χ4v) is 3.52. The summed E-state index contributed by atoms with van der Waals surface area (Å²) >= 11 is 0. The smallest absolute Gasteiger partial charge is 0.317 e. The van der Waals surface area contributed by atoms with Crippen LogP contribution in [-0.2, 0) is 4.74 Å². The number of hydrogen-bond acceptors (Lipinski definition) is 2. The molecule has 120 valence electrons. The van der Waals surface area contributed by atoms with Gasteiger partial charge in [0.15, 0.2) is 0 Å². The van der Waals surface area contributed by atoms with E-state index in [1.165, 1.54) is 5.56 Å². The topological polar surface area (TPSA) is 41.6 Å². The molecule has 4 heteroatoms. The van der Waals surface area contributed by atoms with Crippen LogP contribution in [0, 0.1) is 0 Å². The third-order valence-corrected chi connectivity index (χ3v) is 4.93. The molecule has 4 nitrogen and oxygen atoms in total. The predicted octanol–water partition coefficient (Wildman–Crippen LogP) is 3.14. The van der Waals surface area contributed by atoms with Crippen LogP contribution >= 0.6 is 0 Å². The van der Waals surface area contributed by atoms with Gasteiger partial charge in [0.2, 0.25) is 0 Å². The van der Waals surface area contributed by atoms with Gasteiger partial charge in [-0.1, -0.05) is 30.3 Å². The quantitative estimate of drug-likeness (QED) is 0.932. The van der Waals surface area contributed by atoms with Crippen molar-refractivity contribution in [3.8, 4) is 0 Å². The third-order valence-electron chi connectivity index (χ3n) is 4.93. The number of nitrogens with one attached hydrogen (secondary N) is 1. The first-order valence-corrected chi connectivity index (χ1v) is 8.46. The number of amides is 2. The second-order valence-corrected chi connectivity index (χ2v) is 6.46. The molecule has 0 aromatic heterocycles. The number of rotatable bonds is 3. The second kappa shape index (κ2) is 7.14. The van der Waals surface area contributed by atoms with Crippen LogP contribution < -0.4 is 5.32 Å². The van der Waals surface area contributed by atoms with Gasteiger partial charge >= 0.3 is 6.03 Å². The van der Waals surface area contributed by atoms with Gasteiger partial charge < -0.3 is 15.0 Å². The van der Waals surface area contributed by atoms with Gasteiger partial charge in [-0.2, -0.15) is 0 Å². The third kappa shape index (κ3) is 3.61. The summed E-state index contributed by atoms with van der Waals surface area (Å²) in [5.74, 6) is 0.584. The van der Waals surface area contributed by atoms with Crippen LogP contribution in [0.1, 0.15) is 44.1 Å². The molecule has 0 spiro atoms. The average molecular weight is 302 g/mol. The minimum atomic E-state index is 0.0644. The number of ether oxygens (including phenoxy) is 1. The largest absolute Gasteiger partial charge is 0.376 e. The molecule has 2 amide bonds. The minimum Gasteiger partial charge on any atom is -0.376 e. The maximum atomic E-state index is 12.4. The summed E-state index contributed by atoms with van der Waals surface area (Å²) in [4.78, 5) is 14.3. The van der Waals surface area contributed by atoms with Crippen LogP contribution in [0.2, 0.25) is 0 Å². The van der Waals surface area contributed by atoms with E-state index in [0.29, 0.717) is 5.92 Å². The Morgan fingerprint density at radius 2 is 1.95 bits per heavy atom. The molecule has 3 rings (SSSR count).